The Balaban J connectivity index is 2.69. The Morgan fingerprint density at radius 3 is 2.88 bits per heavy atom. The largest absolute Gasteiger partial charge is 0.384 e. The van der Waals surface area contributed by atoms with E-state index in [9.17, 15) is 4.39 Å². The molecule has 0 atom stereocenters. The molecule has 1 nitrogen and oxygen atoms in total. The van der Waals surface area contributed by atoms with Crippen LogP contribution in [0.4, 0.5) is 4.39 Å². The van der Waals surface area contributed by atoms with Crippen molar-refractivity contribution in [2.45, 2.75) is 0 Å². The van der Waals surface area contributed by atoms with Crippen LogP contribution in [0, 0.1) is 0 Å². The molecule has 8 heavy (non-hydrogen) atoms. The number of nitrogens with one attached hydrogen (secondary N) is 1. The van der Waals surface area contributed by atoms with Gasteiger partial charge in [0.25, 0.3) is 0 Å². The van der Waals surface area contributed by atoms with Crippen LogP contribution in [0.2, 0.25) is 0 Å². The maximum atomic E-state index is 12.2. The lowest BCUT2D eigenvalue weighted by Gasteiger charge is -2.03. The number of hydrogen-bond donors (Lipinski definition) is 1. The molecule has 1 rings (SSSR count). The molecule has 0 fully saturated rings. The Morgan fingerprint density at radius 2 is 2.50 bits per heavy atom. The van der Waals surface area contributed by atoms with Gasteiger partial charge in [0.1, 0.15) is 5.83 Å². The van der Waals surface area contributed by atoms with E-state index >= 15 is 0 Å². The highest BCUT2D eigenvalue weighted by molar-refractivity contribution is 14.1. The molecule has 1 aliphatic rings. The molecular formula is C5H5FIN. The molecule has 3 heteroatoms. The van der Waals surface area contributed by atoms with Crippen molar-refractivity contribution in [1.29, 1.82) is 0 Å². The van der Waals surface area contributed by atoms with Crippen LogP contribution in [0.3, 0.4) is 0 Å². The van der Waals surface area contributed by atoms with E-state index in [0.717, 1.165) is 3.58 Å². The van der Waals surface area contributed by atoms with E-state index in [0.29, 0.717) is 6.54 Å². The summed E-state index contributed by atoms with van der Waals surface area (Å²) >= 11 is 2.05. The number of rotatable bonds is 0. The molecule has 0 unspecified atom stereocenters. The molecule has 0 saturated carbocycles. The van der Waals surface area contributed by atoms with Crippen molar-refractivity contribution in [2.24, 2.45) is 0 Å². The van der Waals surface area contributed by atoms with Gasteiger partial charge in [0, 0.05) is 9.78 Å². The first kappa shape index (κ1) is 6.07. The van der Waals surface area contributed by atoms with Crippen molar-refractivity contribution in [1.82, 2.24) is 5.32 Å². The van der Waals surface area contributed by atoms with Crippen molar-refractivity contribution in [2.75, 3.05) is 6.54 Å². The second-order valence-electron chi connectivity index (χ2n) is 1.50. The van der Waals surface area contributed by atoms with E-state index in [-0.39, 0.29) is 5.83 Å². The molecule has 0 radical (unpaired) electrons. The van der Waals surface area contributed by atoms with E-state index in [1.807, 2.05) is 0 Å². The third kappa shape index (κ3) is 1.47. The van der Waals surface area contributed by atoms with Gasteiger partial charge in [-0.1, -0.05) is 0 Å². The average molecular weight is 225 g/mol. The fourth-order valence-corrected chi connectivity index (χ4v) is 1.05. The van der Waals surface area contributed by atoms with Crippen LogP contribution in [0.5, 0.6) is 0 Å². The van der Waals surface area contributed by atoms with Gasteiger partial charge in [-0.2, -0.15) is 0 Å². The topological polar surface area (TPSA) is 12.0 Å². The minimum atomic E-state index is -0.100. The van der Waals surface area contributed by atoms with E-state index in [1.165, 1.54) is 6.08 Å². The smallest absolute Gasteiger partial charge is 0.120 e. The minimum absolute atomic E-state index is 0.100. The van der Waals surface area contributed by atoms with Crippen LogP contribution < -0.4 is 5.32 Å². The Labute approximate surface area is 60.8 Å². The summed E-state index contributed by atoms with van der Waals surface area (Å²) in [6.07, 6.45) is 3.29. The van der Waals surface area contributed by atoms with Crippen molar-refractivity contribution in [3.05, 3.63) is 21.7 Å². The number of dihydropyridines is 1. The summed E-state index contributed by atoms with van der Waals surface area (Å²) in [5.74, 6) is -0.100. The monoisotopic (exact) mass is 225 g/mol. The van der Waals surface area contributed by atoms with Crippen molar-refractivity contribution >= 4 is 22.6 Å². The van der Waals surface area contributed by atoms with Crippen molar-refractivity contribution < 1.29 is 4.39 Å². The Hall–Kier alpha value is -0.0600. The fourth-order valence-electron chi connectivity index (χ4n) is 0.488. The first-order chi connectivity index (χ1) is 3.79. The molecule has 1 aliphatic heterocycles. The lowest BCUT2D eigenvalue weighted by atomic mass is 10.4. The van der Waals surface area contributed by atoms with E-state index in [4.69, 9.17) is 0 Å². The quantitative estimate of drug-likeness (QED) is 0.619. The van der Waals surface area contributed by atoms with Crippen LogP contribution in [0.25, 0.3) is 0 Å². The van der Waals surface area contributed by atoms with Gasteiger partial charge < -0.3 is 5.32 Å². The van der Waals surface area contributed by atoms with Gasteiger partial charge in [0.05, 0.1) is 6.54 Å². The number of hydrogen-bond acceptors (Lipinski definition) is 1. The highest BCUT2D eigenvalue weighted by Gasteiger charge is 1.98. The second-order valence-corrected chi connectivity index (χ2v) is 2.75. The normalized spacial score (nSPS) is 18.8. The predicted molar refractivity (Wildman–Crippen MR) is 39.3 cm³/mol. The first-order valence-electron chi connectivity index (χ1n) is 2.24. The lowest BCUT2D eigenvalue weighted by Crippen LogP contribution is -2.10. The molecule has 0 spiro atoms. The van der Waals surface area contributed by atoms with Gasteiger partial charge in [-0.3, -0.25) is 0 Å². The maximum Gasteiger partial charge on any atom is 0.120 e. The summed E-state index contributed by atoms with van der Waals surface area (Å²) in [5.41, 5.74) is 0. The molecule has 0 aliphatic carbocycles. The maximum absolute atomic E-state index is 12.2. The molecule has 1 N–H and O–H groups in total. The zero-order valence-corrected chi connectivity index (χ0v) is 6.28. The molecule has 0 aromatic rings. The Bertz CT molecular complexity index is 151. The molecular weight excluding hydrogens is 220 g/mol. The number of allylic oxidation sites excluding steroid dienone is 2. The second kappa shape index (κ2) is 2.48. The van der Waals surface area contributed by atoms with E-state index in [2.05, 4.69) is 27.9 Å². The van der Waals surface area contributed by atoms with Gasteiger partial charge in [-0.05, 0) is 28.7 Å². The summed E-state index contributed by atoms with van der Waals surface area (Å²) in [6, 6.07) is 0. The van der Waals surface area contributed by atoms with E-state index in [1.54, 1.807) is 6.20 Å². The highest BCUT2D eigenvalue weighted by atomic mass is 127. The Kier molecular flexibility index (Phi) is 1.88. The number of halogens is 2. The summed E-state index contributed by atoms with van der Waals surface area (Å²) < 4.78 is 13.1. The van der Waals surface area contributed by atoms with Crippen LogP contribution in [0.1, 0.15) is 0 Å². The van der Waals surface area contributed by atoms with Crippen LogP contribution in [-0.4, -0.2) is 6.54 Å². The summed E-state index contributed by atoms with van der Waals surface area (Å²) in [4.78, 5) is 0. The minimum Gasteiger partial charge on any atom is -0.384 e. The standard InChI is InChI=1S/C5H5FIN/c6-4-1-5(7)3-8-2-4/h1,3,8H,2H2. The van der Waals surface area contributed by atoms with Crippen LogP contribution >= 0.6 is 22.6 Å². The van der Waals surface area contributed by atoms with Gasteiger partial charge in [0.2, 0.25) is 0 Å². The molecule has 0 amide bonds. The molecule has 1 heterocycles. The molecule has 0 aromatic carbocycles. The SMILES string of the molecule is FC1=CC(I)=CNC1. The summed E-state index contributed by atoms with van der Waals surface area (Å²) in [6.45, 7) is 0.340. The molecule has 44 valence electrons. The zero-order chi connectivity index (χ0) is 5.98. The zero-order valence-electron chi connectivity index (χ0n) is 4.12. The van der Waals surface area contributed by atoms with Gasteiger partial charge in [-0.15, -0.1) is 0 Å². The lowest BCUT2D eigenvalue weighted by molar-refractivity contribution is 0.594. The third-order valence-electron chi connectivity index (χ3n) is 0.805. The highest BCUT2D eigenvalue weighted by Crippen LogP contribution is 2.13. The van der Waals surface area contributed by atoms with Crippen molar-refractivity contribution in [3.63, 3.8) is 0 Å². The van der Waals surface area contributed by atoms with Crippen LogP contribution in [0.15, 0.2) is 21.7 Å². The molecule has 0 saturated heterocycles. The van der Waals surface area contributed by atoms with Gasteiger partial charge in [0.15, 0.2) is 0 Å². The predicted octanol–water partition coefficient (Wildman–Crippen LogP) is 1.72. The van der Waals surface area contributed by atoms with Crippen molar-refractivity contribution in [3.8, 4) is 0 Å². The van der Waals surface area contributed by atoms with Gasteiger partial charge >= 0.3 is 0 Å². The average Bonchev–Trinajstić information content (AvgIpc) is 1.64. The van der Waals surface area contributed by atoms with E-state index < -0.39 is 0 Å². The third-order valence-corrected chi connectivity index (χ3v) is 1.43. The molecule has 0 bridgehead atoms. The van der Waals surface area contributed by atoms with Crippen LogP contribution in [-0.2, 0) is 0 Å². The summed E-state index contributed by atoms with van der Waals surface area (Å²) in [7, 11) is 0. The first-order valence-corrected chi connectivity index (χ1v) is 3.32. The molecule has 0 aromatic heterocycles. The van der Waals surface area contributed by atoms with Gasteiger partial charge in [-0.25, -0.2) is 4.39 Å². The summed E-state index contributed by atoms with van der Waals surface area (Å²) in [5, 5.41) is 2.77. The Morgan fingerprint density at radius 1 is 1.75 bits per heavy atom. The fraction of sp³-hybridized carbons (Fsp3) is 0.200.